The summed E-state index contributed by atoms with van der Waals surface area (Å²) in [5.74, 6) is 0.542. The molecule has 9 aromatic rings. The van der Waals surface area contributed by atoms with Crippen molar-refractivity contribution in [2.24, 2.45) is 5.92 Å². The summed E-state index contributed by atoms with van der Waals surface area (Å²) >= 11 is 0. The van der Waals surface area contributed by atoms with Gasteiger partial charge in [0.2, 0.25) is 0 Å². The molecule has 3 amide bonds. The van der Waals surface area contributed by atoms with Gasteiger partial charge in [-0.3, -0.25) is 34.2 Å². The normalized spacial score (nSPS) is 19.1. The average molecular weight is 1340 g/mol. The molecule has 0 bridgehead atoms. The van der Waals surface area contributed by atoms with Crippen LogP contribution in [-0.2, 0) is 9.47 Å². The van der Waals surface area contributed by atoms with E-state index in [1.807, 2.05) is 106 Å². The third kappa shape index (κ3) is 16.7. The summed E-state index contributed by atoms with van der Waals surface area (Å²) in [5, 5.41) is 35.2. The van der Waals surface area contributed by atoms with Crippen LogP contribution in [0.1, 0.15) is 131 Å². The van der Waals surface area contributed by atoms with Crippen molar-refractivity contribution in [1.82, 2.24) is 65.1 Å². The number of amides is 3. The molecular weight excluding hydrogens is 1250 g/mol. The van der Waals surface area contributed by atoms with Gasteiger partial charge in [-0.2, -0.15) is 20.6 Å². The van der Waals surface area contributed by atoms with E-state index in [1.165, 1.54) is 6.07 Å². The number of anilines is 1. The number of pyridine rings is 3. The molecule has 3 atom stereocenters. The maximum absolute atomic E-state index is 14.6. The summed E-state index contributed by atoms with van der Waals surface area (Å²) in [6, 6.07) is 24.7. The molecule has 3 saturated heterocycles. The zero-order valence-corrected chi connectivity index (χ0v) is 56.0. The summed E-state index contributed by atoms with van der Waals surface area (Å²) in [5.41, 5.74) is 13.2. The third-order valence-electron chi connectivity index (χ3n) is 19.3. The number of likely N-dealkylation sites (tertiary alicyclic amines) is 1. The molecule has 510 valence electrons. The largest absolute Gasteiger partial charge is 0.489 e. The van der Waals surface area contributed by atoms with Crippen molar-refractivity contribution in [3.8, 4) is 68.0 Å². The second-order valence-electron chi connectivity index (χ2n) is 27.1. The van der Waals surface area contributed by atoms with Crippen molar-refractivity contribution in [3.05, 3.63) is 180 Å². The van der Waals surface area contributed by atoms with Crippen LogP contribution in [-0.4, -0.2) is 149 Å². The Kier molecular flexibility index (Phi) is 20.0. The lowest BCUT2D eigenvalue weighted by Gasteiger charge is -2.41. The Balaban J connectivity index is 0.000000127. The smallest absolute Gasteiger partial charge is 0.254 e. The van der Waals surface area contributed by atoms with E-state index in [2.05, 4.69) is 62.5 Å². The Bertz CT molecular complexity index is 4420. The van der Waals surface area contributed by atoms with E-state index in [-0.39, 0.29) is 47.5 Å². The lowest BCUT2D eigenvalue weighted by atomic mass is 9.99. The molecular formula is C76H82FN15O7. The van der Waals surface area contributed by atoms with Crippen LogP contribution in [0.5, 0.6) is 11.5 Å². The first kappa shape index (κ1) is 66.1. The van der Waals surface area contributed by atoms with E-state index in [1.54, 1.807) is 63.5 Å². The fourth-order valence-electron chi connectivity index (χ4n) is 12.8. The van der Waals surface area contributed by atoms with E-state index >= 15 is 0 Å². The standard InChI is InChI=1S/C27H31FN6O2.C25H25N5O2.C24H26N4O3/c1-17-8-26(28)25(27(35)32-19-2-3-19)10-24(17)18-11-30-34(14-18)22-9-21(12-29-13-22)31-20-4-6-33(7-5-20)23-15-36-16-23;1-16-2-4-18(25(31)29-20-5-6-20)9-24(16)19-12-28-30(15-19)21-10-23(14-27-13-21)32-22-7-3-17(8-22)11-26;1-16-4-5-17(24(29)27-19-6-7-19)9-23(16)18-11-26-28(14-18)20-10-22(13-25-12-20)31-15-21-3-2-8-30-21/h8-14,19-20,23,31H,2-7,15-16H2,1H3,(H,32,35);2,4,9-10,12-15,17,20,22H,3,5-8H2,1H3,(H,29,31);4-5,9-14,19,21H,2-3,6-8,15H2,1H3,(H,27,29). The van der Waals surface area contributed by atoms with Gasteiger partial charge in [0.05, 0.1) is 116 Å². The number of rotatable bonds is 20. The number of carbonyl (C=O) groups excluding carboxylic acids is 3. The molecule has 23 heteroatoms. The number of nitriles is 1. The van der Waals surface area contributed by atoms with Gasteiger partial charge in [0, 0.05) is 115 Å². The summed E-state index contributed by atoms with van der Waals surface area (Å²) in [6.07, 6.45) is 34.9. The molecule has 3 aromatic carbocycles. The van der Waals surface area contributed by atoms with E-state index in [9.17, 15) is 18.8 Å². The topological polar surface area (TPSA) is 255 Å². The van der Waals surface area contributed by atoms with E-state index < -0.39 is 5.82 Å². The molecule has 4 aliphatic carbocycles. The van der Waals surface area contributed by atoms with E-state index in [0.717, 1.165) is 189 Å². The molecule has 99 heavy (non-hydrogen) atoms. The minimum Gasteiger partial charge on any atom is -0.489 e. The second kappa shape index (κ2) is 29.9. The summed E-state index contributed by atoms with van der Waals surface area (Å²) in [7, 11) is 0. The maximum atomic E-state index is 14.6. The summed E-state index contributed by atoms with van der Waals surface area (Å²) in [6.45, 7) is 11.1. The predicted molar refractivity (Wildman–Crippen MR) is 371 cm³/mol. The van der Waals surface area contributed by atoms with Crippen LogP contribution in [0.25, 0.3) is 50.4 Å². The Labute approximate surface area is 574 Å². The van der Waals surface area contributed by atoms with Crippen LogP contribution >= 0.6 is 0 Å². The van der Waals surface area contributed by atoms with Gasteiger partial charge in [-0.25, -0.2) is 18.4 Å². The number of piperidine rings is 1. The first-order chi connectivity index (χ1) is 48.3. The maximum Gasteiger partial charge on any atom is 0.254 e. The monoisotopic (exact) mass is 1340 g/mol. The van der Waals surface area contributed by atoms with Gasteiger partial charge >= 0.3 is 0 Å². The number of carbonyl (C=O) groups is 3. The molecule has 4 N–H and O–H groups in total. The molecule has 4 saturated carbocycles. The molecule has 22 nitrogen and oxygen atoms in total. The number of aromatic nitrogens is 9. The van der Waals surface area contributed by atoms with Crippen LogP contribution in [0, 0.1) is 43.8 Å². The van der Waals surface area contributed by atoms with Gasteiger partial charge in [-0.1, -0.05) is 12.1 Å². The van der Waals surface area contributed by atoms with E-state index in [0.29, 0.717) is 53.4 Å². The molecule has 7 aliphatic rings. The lowest BCUT2D eigenvalue weighted by Crippen LogP contribution is -2.53. The predicted octanol–water partition coefficient (Wildman–Crippen LogP) is 11.4. The first-order valence-electron chi connectivity index (χ1n) is 34.6. The van der Waals surface area contributed by atoms with Gasteiger partial charge in [0.1, 0.15) is 30.0 Å². The number of hydrogen-bond acceptors (Lipinski definition) is 16. The zero-order valence-electron chi connectivity index (χ0n) is 56.0. The van der Waals surface area contributed by atoms with Gasteiger partial charge in [0.25, 0.3) is 17.7 Å². The summed E-state index contributed by atoms with van der Waals surface area (Å²) < 4.78 is 42.7. The number of benzene rings is 3. The minimum atomic E-state index is -0.503. The highest BCUT2D eigenvalue weighted by molar-refractivity contribution is 5.97. The third-order valence-corrected chi connectivity index (χ3v) is 19.3. The lowest BCUT2D eigenvalue weighted by molar-refractivity contribution is -0.0705. The molecule has 16 rings (SSSR count). The molecule has 0 radical (unpaired) electrons. The Hall–Kier alpha value is -10.2. The van der Waals surface area contributed by atoms with Crippen molar-refractivity contribution < 1.29 is 37.7 Å². The first-order valence-corrected chi connectivity index (χ1v) is 34.6. The SMILES string of the molecule is Cc1cc(F)c(C(=O)NC2CC2)cc1-c1cnn(-c2cncc(NC3CCN(C4COC4)CC3)c2)c1.Cc1ccc(C(=O)NC2CC2)cc1-c1cnn(-c2cncc(OC3CCC(C#N)C3)c2)c1.Cc1ccc(C(=O)NC2CC2)cc1-c1cnn(-c2cncc(OCC3CCCO3)c2)c1. The van der Waals surface area contributed by atoms with Gasteiger partial charge < -0.3 is 40.2 Å². The number of aryl methyl sites for hydroxylation is 3. The Morgan fingerprint density at radius 2 is 1.11 bits per heavy atom. The van der Waals surface area contributed by atoms with Crippen molar-refractivity contribution in [1.29, 1.82) is 5.26 Å². The van der Waals surface area contributed by atoms with Crippen LogP contribution in [0.15, 0.2) is 141 Å². The molecule has 9 heterocycles. The fraction of sp³-hybridized carbons (Fsp3) is 0.395. The molecule has 3 aliphatic heterocycles. The Morgan fingerprint density at radius 3 is 1.64 bits per heavy atom. The quantitative estimate of drug-likeness (QED) is 0.0553. The highest BCUT2D eigenvalue weighted by atomic mass is 19.1. The number of nitrogens with one attached hydrogen (secondary N) is 4. The highest BCUT2D eigenvalue weighted by Gasteiger charge is 2.32. The number of ether oxygens (including phenoxy) is 4. The summed E-state index contributed by atoms with van der Waals surface area (Å²) in [4.78, 5) is 53.0. The molecule has 3 unspecified atom stereocenters. The zero-order chi connectivity index (χ0) is 67.9. The van der Waals surface area contributed by atoms with Crippen LogP contribution in [0.4, 0.5) is 10.1 Å². The molecule has 7 fully saturated rings. The van der Waals surface area contributed by atoms with Crippen LogP contribution in [0.2, 0.25) is 0 Å². The van der Waals surface area contributed by atoms with Gasteiger partial charge in [-0.05, 0) is 174 Å². The van der Waals surface area contributed by atoms with Gasteiger partial charge in [0.15, 0.2) is 0 Å². The minimum absolute atomic E-state index is 0.0172. The van der Waals surface area contributed by atoms with E-state index in [4.69, 9.17) is 24.2 Å². The molecule has 6 aromatic heterocycles. The van der Waals surface area contributed by atoms with Gasteiger partial charge in [-0.15, -0.1) is 0 Å². The van der Waals surface area contributed by atoms with Crippen molar-refractivity contribution in [2.45, 2.75) is 147 Å². The fourth-order valence-corrected chi connectivity index (χ4v) is 12.8. The van der Waals surface area contributed by atoms with Crippen LogP contribution < -0.4 is 30.7 Å². The number of nitrogens with zero attached hydrogens (tertiary/aromatic N) is 11. The van der Waals surface area contributed by atoms with Crippen molar-refractivity contribution in [3.63, 3.8) is 0 Å². The highest BCUT2D eigenvalue weighted by Crippen LogP contribution is 2.34. The molecule has 0 spiro atoms. The average Bonchev–Trinajstić information content (AvgIpc) is 1.42. The van der Waals surface area contributed by atoms with Crippen LogP contribution in [0.3, 0.4) is 0 Å². The number of hydrogen-bond donors (Lipinski definition) is 4. The van der Waals surface area contributed by atoms with Crippen molar-refractivity contribution >= 4 is 23.4 Å². The van der Waals surface area contributed by atoms with Crippen molar-refractivity contribution in [2.75, 3.05) is 44.8 Å². The second-order valence-corrected chi connectivity index (χ2v) is 27.1. The number of halogens is 1. The Morgan fingerprint density at radius 1 is 0.576 bits per heavy atom.